The first-order valence-corrected chi connectivity index (χ1v) is 6.15. The largest absolute Gasteiger partial charge is 0.480 e. The molecule has 1 aromatic heterocycles. The first kappa shape index (κ1) is 15.9. The molecule has 1 atom stereocenters. The molecule has 1 rings (SSSR count). The first-order chi connectivity index (χ1) is 9.63. The van der Waals surface area contributed by atoms with E-state index in [0.29, 0.717) is 31.8 Å². The third kappa shape index (κ3) is 6.14. The molecule has 0 fully saturated rings. The SMILES string of the molecule is COCCCC(NC(=O)NCCc1ncno1)C(=O)O. The van der Waals surface area contributed by atoms with Crippen molar-refractivity contribution in [1.29, 1.82) is 0 Å². The molecule has 1 aromatic rings. The number of carboxylic acids is 1. The number of urea groups is 1. The van der Waals surface area contributed by atoms with Crippen molar-refractivity contribution in [1.82, 2.24) is 20.8 Å². The van der Waals surface area contributed by atoms with E-state index in [1.807, 2.05) is 0 Å². The molecule has 0 saturated carbocycles. The van der Waals surface area contributed by atoms with Gasteiger partial charge in [0.15, 0.2) is 6.33 Å². The Labute approximate surface area is 115 Å². The van der Waals surface area contributed by atoms with E-state index in [1.54, 1.807) is 0 Å². The van der Waals surface area contributed by atoms with Crippen LogP contribution in [0.25, 0.3) is 0 Å². The van der Waals surface area contributed by atoms with E-state index in [9.17, 15) is 9.59 Å². The number of aliphatic carboxylic acids is 1. The van der Waals surface area contributed by atoms with Gasteiger partial charge in [-0.2, -0.15) is 4.98 Å². The molecule has 1 heterocycles. The molecule has 112 valence electrons. The highest BCUT2D eigenvalue weighted by molar-refractivity contribution is 5.82. The molecule has 3 N–H and O–H groups in total. The van der Waals surface area contributed by atoms with E-state index in [4.69, 9.17) is 14.4 Å². The van der Waals surface area contributed by atoms with Crippen LogP contribution in [-0.2, 0) is 16.0 Å². The van der Waals surface area contributed by atoms with Crippen molar-refractivity contribution >= 4 is 12.0 Å². The van der Waals surface area contributed by atoms with Gasteiger partial charge in [0.25, 0.3) is 0 Å². The van der Waals surface area contributed by atoms with Gasteiger partial charge in [-0.15, -0.1) is 0 Å². The Hall–Kier alpha value is -2.16. The lowest BCUT2D eigenvalue weighted by molar-refractivity contribution is -0.139. The first-order valence-electron chi connectivity index (χ1n) is 6.15. The number of hydrogen-bond donors (Lipinski definition) is 3. The van der Waals surface area contributed by atoms with Crippen molar-refractivity contribution in [2.24, 2.45) is 0 Å². The minimum Gasteiger partial charge on any atom is -0.480 e. The molecule has 0 saturated heterocycles. The average Bonchev–Trinajstić information content (AvgIpc) is 2.91. The minimum absolute atomic E-state index is 0.276. The van der Waals surface area contributed by atoms with Crippen LogP contribution < -0.4 is 10.6 Å². The third-order valence-corrected chi connectivity index (χ3v) is 2.48. The Bertz CT molecular complexity index is 409. The molecular formula is C11H18N4O5. The van der Waals surface area contributed by atoms with E-state index in [2.05, 4.69) is 20.8 Å². The summed E-state index contributed by atoms with van der Waals surface area (Å²) in [6.45, 7) is 0.725. The Kier molecular flexibility index (Phi) is 7.04. The highest BCUT2D eigenvalue weighted by Crippen LogP contribution is 1.98. The van der Waals surface area contributed by atoms with Crippen molar-refractivity contribution in [3.05, 3.63) is 12.2 Å². The van der Waals surface area contributed by atoms with Gasteiger partial charge in [0.05, 0.1) is 0 Å². The Morgan fingerprint density at radius 1 is 1.55 bits per heavy atom. The second-order valence-electron chi connectivity index (χ2n) is 4.01. The average molecular weight is 286 g/mol. The topological polar surface area (TPSA) is 127 Å². The second kappa shape index (κ2) is 8.86. The number of nitrogens with one attached hydrogen (secondary N) is 2. The maximum Gasteiger partial charge on any atom is 0.326 e. The second-order valence-corrected chi connectivity index (χ2v) is 4.01. The predicted octanol–water partition coefficient (Wildman–Crippen LogP) is -0.209. The van der Waals surface area contributed by atoms with Gasteiger partial charge in [-0.05, 0) is 12.8 Å². The Balaban J connectivity index is 2.24. The number of hydrogen-bond acceptors (Lipinski definition) is 6. The molecule has 1 unspecified atom stereocenters. The number of carbonyl (C=O) groups is 2. The fraction of sp³-hybridized carbons (Fsp3) is 0.636. The molecule has 0 spiro atoms. The summed E-state index contributed by atoms with van der Waals surface area (Å²) in [5.41, 5.74) is 0. The van der Waals surface area contributed by atoms with Crippen LogP contribution >= 0.6 is 0 Å². The van der Waals surface area contributed by atoms with Gasteiger partial charge >= 0.3 is 12.0 Å². The molecule has 20 heavy (non-hydrogen) atoms. The normalized spacial score (nSPS) is 11.8. The van der Waals surface area contributed by atoms with Gasteiger partial charge in [0.1, 0.15) is 6.04 Å². The van der Waals surface area contributed by atoms with Gasteiger partial charge in [-0.3, -0.25) is 0 Å². The smallest absolute Gasteiger partial charge is 0.326 e. The summed E-state index contributed by atoms with van der Waals surface area (Å²) in [5.74, 6) is -0.673. The number of aromatic nitrogens is 2. The van der Waals surface area contributed by atoms with Crippen molar-refractivity contribution in [2.75, 3.05) is 20.3 Å². The fourth-order valence-corrected chi connectivity index (χ4v) is 1.49. The summed E-state index contributed by atoms with van der Waals surface area (Å²) in [5, 5.41) is 17.3. The molecule has 0 aliphatic rings. The minimum atomic E-state index is -1.08. The number of nitrogens with zero attached hydrogens (tertiary/aromatic N) is 2. The van der Waals surface area contributed by atoms with Gasteiger partial charge in [-0.25, -0.2) is 9.59 Å². The lowest BCUT2D eigenvalue weighted by Gasteiger charge is -2.14. The van der Waals surface area contributed by atoms with Crippen LogP contribution in [0.1, 0.15) is 18.7 Å². The number of ether oxygens (including phenoxy) is 1. The van der Waals surface area contributed by atoms with Crippen LogP contribution in [0.5, 0.6) is 0 Å². The van der Waals surface area contributed by atoms with Crippen LogP contribution in [0.15, 0.2) is 10.9 Å². The summed E-state index contributed by atoms with van der Waals surface area (Å²) in [6, 6.07) is -1.48. The van der Waals surface area contributed by atoms with Crippen molar-refractivity contribution in [2.45, 2.75) is 25.3 Å². The van der Waals surface area contributed by atoms with Crippen molar-refractivity contribution in [3.8, 4) is 0 Å². The number of methoxy groups -OCH3 is 1. The fourth-order valence-electron chi connectivity index (χ4n) is 1.49. The van der Waals surface area contributed by atoms with E-state index in [0.717, 1.165) is 0 Å². The van der Waals surface area contributed by atoms with Gasteiger partial charge in [-0.1, -0.05) is 5.16 Å². The van der Waals surface area contributed by atoms with Crippen LogP contribution in [-0.4, -0.2) is 53.6 Å². The molecule has 9 nitrogen and oxygen atoms in total. The number of rotatable bonds is 9. The molecule has 0 aromatic carbocycles. The molecule has 0 aliphatic carbocycles. The highest BCUT2D eigenvalue weighted by Gasteiger charge is 2.19. The van der Waals surface area contributed by atoms with E-state index in [-0.39, 0.29) is 6.54 Å². The molecule has 9 heteroatoms. The zero-order chi connectivity index (χ0) is 14.8. The van der Waals surface area contributed by atoms with E-state index >= 15 is 0 Å². The van der Waals surface area contributed by atoms with Crippen LogP contribution in [0.2, 0.25) is 0 Å². The summed E-state index contributed by atoms with van der Waals surface area (Å²) in [6.07, 6.45) is 2.51. The standard InChI is InChI=1S/C11H18N4O5/c1-19-6-2-3-8(10(16)17)15-11(18)12-5-4-9-13-7-14-20-9/h7-8H,2-6H2,1H3,(H,16,17)(H2,12,15,18). The maximum absolute atomic E-state index is 11.5. The lowest BCUT2D eigenvalue weighted by atomic mass is 10.1. The van der Waals surface area contributed by atoms with Crippen LogP contribution in [0, 0.1) is 0 Å². The molecule has 2 amide bonds. The summed E-state index contributed by atoms with van der Waals surface area (Å²) in [4.78, 5) is 26.3. The molecule has 0 bridgehead atoms. The molecular weight excluding hydrogens is 268 g/mol. The van der Waals surface area contributed by atoms with Crippen molar-refractivity contribution in [3.63, 3.8) is 0 Å². The number of amides is 2. The third-order valence-electron chi connectivity index (χ3n) is 2.48. The van der Waals surface area contributed by atoms with Gasteiger partial charge in [0.2, 0.25) is 5.89 Å². The van der Waals surface area contributed by atoms with Crippen molar-refractivity contribution < 1.29 is 24.0 Å². The summed E-state index contributed by atoms with van der Waals surface area (Å²) < 4.78 is 9.60. The Morgan fingerprint density at radius 3 is 2.95 bits per heavy atom. The molecule has 0 aliphatic heterocycles. The maximum atomic E-state index is 11.5. The zero-order valence-corrected chi connectivity index (χ0v) is 11.2. The highest BCUT2D eigenvalue weighted by atomic mass is 16.5. The van der Waals surface area contributed by atoms with Crippen LogP contribution in [0.4, 0.5) is 4.79 Å². The summed E-state index contributed by atoms with van der Waals surface area (Å²) in [7, 11) is 1.54. The van der Waals surface area contributed by atoms with E-state index in [1.165, 1.54) is 13.4 Å². The quantitative estimate of drug-likeness (QED) is 0.536. The Morgan fingerprint density at radius 2 is 2.35 bits per heavy atom. The number of carboxylic acid groups (broad SMARTS) is 1. The van der Waals surface area contributed by atoms with Crippen LogP contribution in [0.3, 0.4) is 0 Å². The van der Waals surface area contributed by atoms with Gasteiger partial charge in [0, 0.05) is 26.7 Å². The zero-order valence-electron chi connectivity index (χ0n) is 11.2. The lowest BCUT2D eigenvalue weighted by Crippen LogP contribution is -2.46. The number of carbonyl (C=O) groups excluding carboxylic acids is 1. The van der Waals surface area contributed by atoms with E-state index < -0.39 is 18.0 Å². The monoisotopic (exact) mass is 286 g/mol. The summed E-state index contributed by atoms with van der Waals surface area (Å²) >= 11 is 0. The molecule has 0 radical (unpaired) electrons. The predicted molar refractivity (Wildman–Crippen MR) is 67.1 cm³/mol. The van der Waals surface area contributed by atoms with Gasteiger partial charge < -0.3 is 25.0 Å².